The van der Waals surface area contributed by atoms with Crippen molar-refractivity contribution < 1.29 is 13.6 Å². The van der Waals surface area contributed by atoms with Gasteiger partial charge in [-0.15, -0.1) is 21.5 Å². The number of carbonyl (C=O) groups is 1. The van der Waals surface area contributed by atoms with Crippen molar-refractivity contribution >= 4 is 38.9 Å². The number of thiophene rings is 1. The quantitative estimate of drug-likeness (QED) is 0.786. The smallest absolute Gasteiger partial charge is 0.263 e. The van der Waals surface area contributed by atoms with Gasteiger partial charge < -0.3 is 9.73 Å². The number of fused-ring (bicyclic) bond motifs is 1. The fourth-order valence-electron chi connectivity index (χ4n) is 2.03. The molecule has 2 aromatic heterocycles. The Bertz CT molecular complexity index is 861. The predicted octanol–water partition coefficient (Wildman–Crippen LogP) is 3.88. The Kier molecular flexibility index (Phi) is 3.84. The van der Waals surface area contributed by atoms with Crippen LogP contribution < -0.4 is 5.32 Å². The first kappa shape index (κ1) is 14.9. The van der Waals surface area contributed by atoms with Crippen molar-refractivity contribution in [1.82, 2.24) is 15.5 Å². The van der Waals surface area contributed by atoms with E-state index in [0.717, 1.165) is 11.3 Å². The molecule has 8 heteroatoms. The summed E-state index contributed by atoms with van der Waals surface area (Å²) in [6.07, 6.45) is 0. The molecule has 0 aliphatic heterocycles. The standard InChI is InChI=1S/C14H11ClFN3O2S/c1-6(14-19-18-7(2)21-14)17-13(20)12-11(15)10-8(16)4-3-5-9(10)22-12/h3-6H,1-2H3,(H,17,20)/t6-/m1/s1. The van der Waals surface area contributed by atoms with E-state index in [1.807, 2.05) is 0 Å². The Morgan fingerprint density at radius 3 is 2.86 bits per heavy atom. The molecule has 0 unspecified atom stereocenters. The van der Waals surface area contributed by atoms with Gasteiger partial charge in [0, 0.05) is 17.0 Å². The molecule has 0 aliphatic carbocycles. The number of amides is 1. The summed E-state index contributed by atoms with van der Waals surface area (Å²) >= 11 is 7.29. The minimum Gasteiger partial charge on any atom is -0.423 e. The van der Waals surface area contributed by atoms with E-state index in [0.29, 0.717) is 16.5 Å². The van der Waals surface area contributed by atoms with Gasteiger partial charge in [-0.2, -0.15) is 0 Å². The number of benzene rings is 1. The molecule has 0 saturated carbocycles. The number of nitrogens with one attached hydrogen (secondary N) is 1. The summed E-state index contributed by atoms with van der Waals surface area (Å²) in [5, 5.41) is 10.7. The van der Waals surface area contributed by atoms with Crippen LogP contribution in [0.25, 0.3) is 10.1 Å². The number of aromatic nitrogens is 2. The van der Waals surface area contributed by atoms with Gasteiger partial charge in [0.25, 0.3) is 5.91 Å². The van der Waals surface area contributed by atoms with Crippen LogP contribution in [0.2, 0.25) is 5.02 Å². The van der Waals surface area contributed by atoms with Gasteiger partial charge in [-0.05, 0) is 19.1 Å². The third-order valence-electron chi connectivity index (χ3n) is 3.07. The maximum absolute atomic E-state index is 13.8. The lowest BCUT2D eigenvalue weighted by molar-refractivity contribution is 0.0938. The van der Waals surface area contributed by atoms with E-state index in [4.69, 9.17) is 16.0 Å². The molecular weight excluding hydrogens is 329 g/mol. The summed E-state index contributed by atoms with van der Waals surface area (Å²) in [5.74, 6) is -0.139. The monoisotopic (exact) mass is 339 g/mol. The first-order chi connectivity index (χ1) is 10.5. The zero-order valence-corrected chi connectivity index (χ0v) is 13.3. The minimum absolute atomic E-state index is 0.115. The highest BCUT2D eigenvalue weighted by Crippen LogP contribution is 2.37. The third-order valence-corrected chi connectivity index (χ3v) is 4.72. The molecule has 114 valence electrons. The zero-order valence-electron chi connectivity index (χ0n) is 11.7. The van der Waals surface area contributed by atoms with Crippen LogP contribution in [-0.4, -0.2) is 16.1 Å². The number of halogens is 2. The van der Waals surface area contributed by atoms with Crippen molar-refractivity contribution in [3.8, 4) is 0 Å². The van der Waals surface area contributed by atoms with Gasteiger partial charge in [-0.3, -0.25) is 4.79 Å². The summed E-state index contributed by atoms with van der Waals surface area (Å²) in [7, 11) is 0. The molecular formula is C14H11ClFN3O2S. The van der Waals surface area contributed by atoms with E-state index in [-0.39, 0.29) is 15.3 Å². The van der Waals surface area contributed by atoms with Crippen LogP contribution in [-0.2, 0) is 0 Å². The van der Waals surface area contributed by atoms with Crippen LogP contribution in [0.1, 0.15) is 34.4 Å². The van der Waals surface area contributed by atoms with Crippen molar-refractivity contribution in [3.63, 3.8) is 0 Å². The molecule has 0 saturated heterocycles. The van der Waals surface area contributed by atoms with E-state index in [2.05, 4.69) is 15.5 Å². The van der Waals surface area contributed by atoms with Crippen LogP contribution in [0.15, 0.2) is 22.6 Å². The molecule has 1 N–H and O–H groups in total. The number of hydrogen-bond donors (Lipinski definition) is 1. The molecule has 3 rings (SSSR count). The molecule has 22 heavy (non-hydrogen) atoms. The average Bonchev–Trinajstić information content (AvgIpc) is 3.04. The van der Waals surface area contributed by atoms with Crippen molar-refractivity contribution in [2.24, 2.45) is 0 Å². The van der Waals surface area contributed by atoms with Crippen LogP contribution in [0.5, 0.6) is 0 Å². The van der Waals surface area contributed by atoms with Crippen LogP contribution in [0.4, 0.5) is 4.39 Å². The molecule has 0 aliphatic rings. The van der Waals surface area contributed by atoms with Gasteiger partial charge in [0.1, 0.15) is 16.7 Å². The first-order valence-corrected chi connectivity index (χ1v) is 7.64. The summed E-state index contributed by atoms with van der Waals surface area (Å²) in [6, 6.07) is 4.14. The molecule has 3 aromatic rings. The van der Waals surface area contributed by atoms with Gasteiger partial charge >= 0.3 is 0 Å². The fraction of sp³-hybridized carbons (Fsp3) is 0.214. The van der Waals surface area contributed by atoms with Gasteiger partial charge in [-0.25, -0.2) is 4.39 Å². The third kappa shape index (κ3) is 2.57. The Morgan fingerprint density at radius 2 is 2.23 bits per heavy atom. The number of hydrogen-bond acceptors (Lipinski definition) is 5. The lowest BCUT2D eigenvalue weighted by atomic mass is 10.2. The molecule has 5 nitrogen and oxygen atoms in total. The summed E-state index contributed by atoms with van der Waals surface area (Å²) in [5.41, 5.74) is 0. The van der Waals surface area contributed by atoms with E-state index in [1.165, 1.54) is 6.07 Å². The molecule has 0 spiro atoms. The molecule has 1 aromatic carbocycles. The summed E-state index contributed by atoms with van der Waals surface area (Å²) in [4.78, 5) is 12.6. The minimum atomic E-state index is -0.472. The predicted molar refractivity (Wildman–Crippen MR) is 81.7 cm³/mol. The Balaban J connectivity index is 1.89. The fourth-order valence-corrected chi connectivity index (χ4v) is 3.49. The van der Waals surface area contributed by atoms with Crippen molar-refractivity contribution in [3.05, 3.63) is 45.7 Å². The molecule has 0 fully saturated rings. The van der Waals surface area contributed by atoms with E-state index < -0.39 is 17.8 Å². The van der Waals surface area contributed by atoms with E-state index in [1.54, 1.807) is 26.0 Å². The van der Waals surface area contributed by atoms with E-state index >= 15 is 0 Å². The number of aryl methyl sites for hydroxylation is 1. The number of carbonyl (C=O) groups excluding carboxylic acids is 1. The van der Waals surface area contributed by atoms with Crippen molar-refractivity contribution in [2.45, 2.75) is 19.9 Å². The molecule has 1 amide bonds. The molecule has 2 heterocycles. The maximum Gasteiger partial charge on any atom is 0.263 e. The highest BCUT2D eigenvalue weighted by atomic mass is 35.5. The zero-order chi connectivity index (χ0) is 15.9. The van der Waals surface area contributed by atoms with E-state index in [9.17, 15) is 9.18 Å². The Morgan fingerprint density at radius 1 is 1.45 bits per heavy atom. The second kappa shape index (κ2) is 5.66. The summed E-state index contributed by atoms with van der Waals surface area (Å²) in [6.45, 7) is 3.38. The Labute approximate surface area is 134 Å². The highest BCUT2D eigenvalue weighted by molar-refractivity contribution is 7.21. The molecule has 0 bridgehead atoms. The normalized spacial score (nSPS) is 12.5. The van der Waals surface area contributed by atoms with Crippen LogP contribution in [0.3, 0.4) is 0 Å². The molecule has 1 atom stereocenters. The van der Waals surface area contributed by atoms with Crippen molar-refractivity contribution in [2.75, 3.05) is 0 Å². The number of rotatable bonds is 3. The van der Waals surface area contributed by atoms with Crippen molar-refractivity contribution in [1.29, 1.82) is 0 Å². The first-order valence-electron chi connectivity index (χ1n) is 6.44. The lowest BCUT2D eigenvalue weighted by Gasteiger charge is -2.08. The van der Waals surface area contributed by atoms with Gasteiger partial charge in [0.05, 0.1) is 5.02 Å². The summed E-state index contributed by atoms with van der Waals surface area (Å²) < 4.78 is 19.7. The van der Waals surface area contributed by atoms with Gasteiger partial charge in [0.2, 0.25) is 11.8 Å². The average molecular weight is 340 g/mol. The Hall–Kier alpha value is -1.99. The second-order valence-electron chi connectivity index (χ2n) is 4.71. The molecule has 0 radical (unpaired) electrons. The van der Waals surface area contributed by atoms with Crippen LogP contribution in [0, 0.1) is 12.7 Å². The largest absolute Gasteiger partial charge is 0.423 e. The SMILES string of the molecule is Cc1nnc([C@@H](C)NC(=O)c2sc3cccc(F)c3c2Cl)o1. The number of nitrogens with zero attached hydrogens (tertiary/aromatic N) is 2. The van der Waals surface area contributed by atoms with Gasteiger partial charge in [0.15, 0.2) is 0 Å². The topological polar surface area (TPSA) is 68.0 Å². The van der Waals surface area contributed by atoms with Crippen LogP contribution >= 0.6 is 22.9 Å². The maximum atomic E-state index is 13.8. The second-order valence-corrected chi connectivity index (χ2v) is 6.14. The highest BCUT2D eigenvalue weighted by Gasteiger charge is 2.22. The van der Waals surface area contributed by atoms with Gasteiger partial charge in [-0.1, -0.05) is 17.7 Å². The lowest BCUT2D eigenvalue weighted by Crippen LogP contribution is -2.26.